The Morgan fingerprint density at radius 2 is 1.96 bits per heavy atom. The van der Waals surface area contributed by atoms with E-state index in [1.54, 1.807) is 0 Å². The first-order chi connectivity index (χ1) is 10.6. The zero-order valence-electron chi connectivity index (χ0n) is 16.0. The van der Waals surface area contributed by atoms with Gasteiger partial charge in [-0.15, -0.1) is 0 Å². The highest BCUT2D eigenvalue weighted by Gasteiger charge is 2.39. The maximum atomic E-state index is 9.01. The average molecular weight is 342 g/mol. The van der Waals surface area contributed by atoms with Crippen LogP contribution in [0.15, 0.2) is 0 Å². The lowest BCUT2D eigenvalue weighted by Crippen LogP contribution is -2.44. The van der Waals surface area contributed by atoms with Crippen molar-refractivity contribution >= 4 is 8.32 Å². The number of rotatable bonds is 7. The van der Waals surface area contributed by atoms with Crippen molar-refractivity contribution in [1.29, 1.82) is 5.26 Å². The van der Waals surface area contributed by atoms with Crippen molar-refractivity contribution in [3.8, 4) is 6.07 Å². The quantitative estimate of drug-likeness (QED) is 0.629. The van der Waals surface area contributed by atoms with Gasteiger partial charge in [0.1, 0.15) is 0 Å². The first-order valence-electron chi connectivity index (χ1n) is 8.88. The van der Waals surface area contributed by atoms with Crippen molar-refractivity contribution in [3.05, 3.63) is 0 Å². The van der Waals surface area contributed by atoms with Gasteiger partial charge in [-0.1, -0.05) is 27.7 Å². The van der Waals surface area contributed by atoms with E-state index in [4.69, 9.17) is 19.2 Å². The van der Waals surface area contributed by atoms with Crippen LogP contribution in [0.2, 0.25) is 18.1 Å². The van der Waals surface area contributed by atoms with Crippen molar-refractivity contribution in [1.82, 2.24) is 0 Å². The molecular weight excluding hydrogens is 306 g/mol. The minimum absolute atomic E-state index is 0.114. The van der Waals surface area contributed by atoms with Gasteiger partial charge >= 0.3 is 0 Å². The molecule has 0 saturated carbocycles. The molecule has 1 fully saturated rings. The Hall–Kier alpha value is -0.413. The zero-order chi connectivity index (χ0) is 17.7. The van der Waals surface area contributed by atoms with E-state index in [1.165, 1.54) is 0 Å². The molecule has 0 spiro atoms. The van der Waals surface area contributed by atoms with Crippen LogP contribution in [0.4, 0.5) is 0 Å². The maximum absolute atomic E-state index is 9.01. The van der Waals surface area contributed by atoms with Crippen LogP contribution in [0, 0.1) is 23.2 Å². The van der Waals surface area contributed by atoms with Crippen LogP contribution in [0.1, 0.15) is 53.9 Å². The average Bonchev–Trinajstić information content (AvgIpc) is 2.44. The van der Waals surface area contributed by atoms with E-state index in [0.29, 0.717) is 24.9 Å². The normalized spacial score (nSPS) is 27.5. The standard InChI is InChI=1S/C18H35NO3Si/c1-8-20-17-12-15(9-10-19)11-16(22-17)14(2)13-21-23(6,7)18(3,4)5/h14-17H,8-9,11-13H2,1-7H3/t14-,15-,16-,17?/m1/s1. The summed E-state index contributed by atoms with van der Waals surface area (Å²) in [5.41, 5.74) is 0. The fourth-order valence-corrected chi connectivity index (χ4v) is 3.73. The third kappa shape index (κ3) is 6.19. The molecule has 0 bridgehead atoms. The van der Waals surface area contributed by atoms with Gasteiger partial charge in [0.25, 0.3) is 0 Å². The van der Waals surface area contributed by atoms with E-state index in [1.807, 2.05) is 6.92 Å². The largest absolute Gasteiger partial charge is 0.416 e. The lowest BCUT2D eigenvalue weighted by atomic mass is 9.87. The summed E-state index contributed by atoms with van der Waals surface area (Å²) in [5, 5.41) is 9.23. The van der Waals surface area contributed by atoms with Crippen LogP contribution in [0.25, 0.3) is 0 Å². The van der Waals surface area contributed by atoms with E-state index in [0.717, 1.165) is 19.4 Å². The minimum Gasteiger partial charge on any atom is -0.416 e. The summed E-state index contributed by atoms with van der Waals surface area (Å²) in [6, 6.07) is 2.30. The molecule has 1 rings (SSSR count). The molecule has 1 aliphatic heterocycles. The molecule has 0 N–H and O–H groups in total. The number of hydrogen-bond donors (Lipinski definition) is 0. The molecule has 23 heavy (non-hydrogen) atoms. The van der Waals surface area contributed by atoms with Crippen LogP contribution in [0.3, 0.4) is 0 Å². The molecule has 0 aromatic heterocycles. The van der Waals surface area contributed by atoms with Gasteiger partial charge < -0.3 is 13.9 Å². The highest BCUT2D eigenvalue weighted by Crippen LogP contribution is 2.38. The summed E-state index contributed by atoms with van der Waals surface area (Å²) in [7, 11) is -1.73. The molecule has 1 unspecified atom stereocenters. The van der Waals surface area contributed by atoms with Gasteiger partial charge in [-0.3, -0.25) is 0 Å². The predicted molar refractivity (Wildman–Crippen MR) is 95.6 cm³/mol. The molecule has 4 atom stereocenters. The van der Waals surface area contributed by atoms with E-state index < -0.39 is 8.32 Å². The molecule has 134 valence electrons. The summed E-state index contributed by atoms with van der Waals surface area (Å²) >= 11 is 0. The van der Waals surface area contributed by atoms with Gasteiger partial charge in [-0.2, -0.15) is 5.26 Å². The minimum atomic E-state index is -1.73. The molecule has 4 nitrogen and oxygen atoms in total. The summed E-state index contributed by atoms with van der Waals surface area (Å²) in [6.07, 6.45) is 2.28. The Labute approximate surface area is 143 Å². The summed E-state index contributed by atoms with van der Waals surface area (Å²) < 4.78 is 18.1. The second-order valence-electron chi connectivity index (χ2n) is 8.31. The van der Waals surface area contributed by atoms with E-state index >= 15 is 0 Å². The highest BCUT2D eigenvalue weighted by molar-refractivity contribution is 6.74. The van der Waals surface area contributed by atoms with Crippen LogP contribution in [0.5, 0.6) is 0 Å². The number of nitriles is 1. The lowest BCUT2D eigenvalue weighted by Gasteiger charge is -2.40. The van der Waals surface area contributed by atoms with Gasteiger partial charge in [-0.25, -0.2) is 0 Å². The van der Waals surface area contributed by atoms with Crippen molar-refractivity contribution in [2.75, 3.05) is 13.2 Å². The molecule has 0 amide bonds. The SMILES string of the molecule is CCOC1C[C@H](CC#N)C[C@H]([C@H](C)CO[Si](C)(C)C(C)(C)C)O1. The van der Waals surface area contributed by atoms with Gasteiger partial charge in [0.05, 0.1) is 12.2 Å². The van der Waals surface area contributed by atoms with E-state index in [-0.39, 0.29) is 17.4 Å². The number of nitrogens with zero attached hydrogens (tertiary/aromatic N) is 1. The Bertz CT molecular complexity index is 400. The molecule has 5 heteroatoms. The first kappa shape index (κ1) is 20.6. The van der Waals surface area contributed by atoms with Crippen LogP contribution < -0.4 is 0 Å². The fourth-order valence-electron chi connectivity index (χ4n) is 2.62. The third-order valence-corrected chi connectivity index (χ3v) is 9.80. The number of ether oxygens (including phenoxy) is 2. The summed E-state index contributed by atoms with van der Waals surface area (Å²) in [6.45, 7) is 16.9. The smallest absolute Gasteiger partial charge is 0.191 e. The predicted octanol–water partition coefficient (Wildman–Crippen LogP) is 4.72. The Morgan fingerprint density at radius 1 is 1.30 bits per heavy atom. The Kier molecular flexibility index (Phi) is 7.73. The highest BCUT2D eigenvalue weighted by atomic mass is 28.4. The molecule has 0 aromatic carbocycles. The van der Waals surface area contributed by atoms with Gasteiger partial charge in [0, 0.05) is 32.0 Å². The van der Waals surface area contributed by atoms with Crippen molar-refractivity contribution in [2.45, 2.75) is 84.4 Å². The number of hydrogen-bond acceptors (Lipinski definition) is 4. The fraction of sp³-hybridized carbons (Fsp3) is 0.944. The second-order valence-corrected chi connectivity index (χ2v) is 13.1. The monoisotopic (exact) mass is 341 g/mol. The Balaban J connectivity index is 2.62. The molecule has 1 saturated heterocycles. The second kappa shape index (κ2) is 8.62. The molecule has 0 aromatic rings. The van der Waals surface area contributed by atoms with E-state index in [9.17, 15) is 0 Å². The van der Waals surface area contributed by atoms with Gasteiger partial charge in [-0.05, 0) is 37.4 Å². The molecule has 1 heterocycles. The van der Waals surface area contributed by atoms with E-state index in [2.05, 4.69) is 46.9 Å². The topological polar surface area (TPSA) is 51.5 Å². The van der Waals surface area contributed by atoms with Crippen LogP contribution in [-0.4, -0.2) is 33.9 Å². The lowest BCUT2D eigenvalue weighted by molar-refractivity contribution is -0.215. The molecule has 0 radical (unpaired) electrons. The summed E-state index contributed by atoms with van der Waals surface area (Å²) in [4.78, 5) is 0. The zero-order valence-corrected chi connectivity index (χ0v) is 17.0. The van der Waals surface area contributed by atoms with Crippen molar-refractivity contribution in [2.24, 2.45) is 11.8 Å². The molecule has 1 aliphatic rings. The maximum Gasteiger partial charge on any atom is 0.191 e. The Morgan fingerprint density at radius 3 is 2.48 bits per heavy atom. The third-order valence-electron chi connectivity index (χ3n) is 5.30. The molecule has 0 aliphatic carbocycles. The molecular formula is C18H35NO3Si. The van der Waals surface area contributed by atoms with Crippen molar-refractivity contribution < 1.29 is 13.9 Å². The van der Waals surface area contributed by atoms with Gasteiger partial charge in [0.15, 0.2) is 14.6 Å². The summed E-state index contributed by atoms with van der Waals surface area (Å²) in [5.74, 6) is 0.680. The van der Waals surface area contributed by atoms with Crippen LogP contribution >= 0.6 is 0 Å². The van der Waals surface area contributed by atoms with Crippen LogP contribution in [-0.2, 0) is 13.9 Å². The first-order valence-corrected chi connectivity index (χ1v) is 11.8. The van der Waals surface area contributed by atoms with Crippen molar-refractivity contribution in [3.63, 3.8) is 0 Å². The van der Waals surface area contributed by atoms with Gasteiger partial charge in [0.2, 0.25) is 0 Å².